The van der Waals surface area contributed by atoms with Crippen LogP contribution in [0, 0.1) is 0 Å². The molecule has 0 unspecified atom stereocenters. The van der Waals surface area contributed by atoms with Gasteiger partial charge in [0.05, 0.1) is 18.3 Å². The normalized spacial score (nSPS) is 12.6. The fourth-order valence-electron chi connectivity index (χ4n) is 2.24. The zero-order chi connectivity index (χ0) is 18.4. The van der Waals surface area contributed by atoms with Gasteiger partial charge in [0.1, 0.15) is 10.6 Å². The lowest BCUT2D eigenvalue weighted by atomic mass is 10.1. The summed E-state index contributed by atoms with van der Waals surface area (Å²) >= 11 is 1.49. The zero-order valence-electron chi connectivity index (χ0n) is 15.0. The Hall–Kier alpha value is -2.12. The highest BCUT2D eigenvalue weighted by atomic mass is 32.1. The van der Waals surface area contributed by atoms with Crippen molar-refractivity contribution >= 4 is 23.1 Å². The number of hydrogen-bond acceptors (Lipinski definition) is 6. The summed E-state index contributed by atoms with van der Waals surface area (Å²) in [5.41, 5.74) is 7.79. The second-order valence-electron chi connectivity index (χ2n) is 6.75. The third kappa shape index (κ3) is 6.36. The Morgan fingerprint density at radius 3 is 2.60 bits per heavy atom. The van der Waals surface area contributed by atoms with Crippen molar-refractivity contribution < 1.29 is 14.3 Å². The maximum Gasteiger partial charge on any atom is 0.408 e. The molecule has 0 fully saturated rings. The lowest BCUT2D eigenvalue weighted by Gasteiger charge is -2.23. The lowest BCUT2D eigenvalue weighted by Crippen LogP contribution is -2.35. The number of nitrogen functional groups attached to an aromatic ring is 1. The van der Waals surface area contributed by atoms with E-state index >= 15 is 0 Å². The molecule has 0 radical (unpaired) electrons. The summed E-state index contributed by atoms with van der Waals surface area (Å²) in [5.74, 6) is 0. The molecular weight excluding hydrogens is 338 g/mol. The number of alkyl carbamates (subject to hydrolysis) is 1. The number of carbonyl (C=O) groups excluding carboxylic acids is 1. The van der Waals surface area contributed by atoms with Crippen LogP contribution in [0.1, 0.15) is 43.1 Å². The summed E-state index contributed by atoms with van der Waals surface area (Å²) in [4.78, 5) is 16.8. The van der Waals surface area contributed by atoms with Crippen LogP contribution in [0.5, 0.6) is 0 Å². The molecular formula is C18H25N3O3S. The van der Waals surface area contributed by atoms with Crippen LogP contribution >= 0.6 is 11.3 Å². The van der Waals surface area contributed by atoms with Crippen LogP contribution < -0.4 is 11.1 Å². The van der Waals surface area contributed by atoms with Gasteiger partial charge in [0.15, 0.2) is 0 Å². The fraction of sp³-hybridized carbons (Fsp3) is 0.444. The Labute approximate surface area is 152 Å². The van der Waals surface area contributed by atoms with Crippen LogP contribution in [0.15, 0.2) is 29.6 Å². The summed E-state index contributed by atoms with van der Waals surface area (Å²) in [5, 5.41) is 5.67. The van der Waals surface area contributed by atoms with Crippen LogP contribution in [-0.2, 0) is 22.5 Å². The van der Waals surface area contributed by atoms with E-state index in [1.807, 2.05) is 50.4 Å². The molecule has 1 aromatic carbocycles. The molecule has 2 aromatic rings. The molecule has 0 saturated heterocycles. The number of amides is 1. The molecule has 1 atom stereocenters. The fourth-order valence-corrected chi connectivity index (χ4v) is 3.09. The monoisotopic (exact) mass is 363 g/mol. The minimum absolute atomic E-state index is 0.283. The summed E-state index contributed by atoms with van der Waals surface area (Å²) < 4.78 is 10.5. The number of rotatable bonds is 6. The van der Waals surface area contributed by atoms with Crippen LogP contribution in [0.4, 0.5) is 10.5 Å². The van der Waals surface area contributed by atoms with E-state index in [9.17, 15) is 4.79 Å². The van der Waals surface area contributed by atoms with Crippen molar-refractivity contribution in [2.24, 2.45) is 0 Å². The van der Waals surface area contributed by atoms with Gasteiger partial charge in [0.25, 0.3) is 0 Å². The average Bonchev–Trinajstić information content (AvgIpc) is 2.96. The summed E-state index contributed by atoms with van der Waals surface area (Å²) in [6, 6.07) is 7.30. The number of hydrogen-bond donors (Lipinski definition) is 2. The first-order chi connectivity index (χ1) is 11.8. The van der Waals surface area contributed by atoms with E-state index in [1.54, 1.807) is 7.11 Å². The topological polar surface area (TPSA) is 86.5 Å². The molecule has 2 rings (SSSR count). The van der Waals surface area contributed by atoms with Gasteiger partial charge in [-0.25, -0.2) is 9.78 Å². The smallest absolute Gasteiger partial charge is 0.408 e. The Morgan fingerprint density at radius 1 is 1.32 bits per heavy atom. The van der Waals surface area contributed by atoms with E-state index in [1.165, 1.54) is 11.3 Å². The predicted octanol–water partition coefficient (Wildman–Crippen LogP) is 3.68. The van der Waals surface area contributed by atoms with Gasteiger partial charge >= 0.3 is 6.09 Å². The first kappa shape index (κ1) is 19.2. The summed E-state index contributed by atoms with van der Waals surface area (Å²) in [7, 11) is 1.63. The number of ether oxygens (including phenoxy) is 2. The van der Waals surface area contributed by atoms with Gasteiger partial charge in [-0.2, -0.15) is 0 Å². The van der Waals surface area contributed by atoms with E-state index in [4.69, 9.17) is 15.2 Å². The van der Waals surface area contributed by atoms with E-state index in [0.29, 0.717) is 18.7 Å². The van der Waals surface area contributed by atoms with Crippen molar-refractivity contribution in [2.45, 2.75) is 45.4 Å². The molecule has 0 spiro atoms. The second kappa shape index (κ2) is 8.31. The SMILES string of the molecule is COCc1csc([C@H](Cc2ccc(N)cc2)NC(=O)OC(C)(C)C)n1. The van der Waals surface area contributed by atoms with Gasteiger partial charge in [0.2, 0.25) is 0 Å². The maximum atomic E-state index is 12.2. The third-order valence-electron chi connectivity index (χ3n) is 3.27. The van der Waals surface area contributed by atoms with Crippen molar-refractivity contribution in [3.8, 4) is 0 Å². The largest absolute Gasteiger partial charge is 0.444 e. The highest BCUT2D eigenvalue weighted by molar-refractivity contribution is 7.09. The van der Waals surface area contributed by atoms with Crippen molar-refractivity contribution in [1.29, 1.82) is 0 Å². The van der Waals surface area contributed by atoms with Gasteiger partial charge in [-0.05, 0) is 44.9 Å². The molecule has 0 aliphatic carbocycles. The van der Waals surface area contributed by atoms with Gasteiger partial charge in [0, 0.05) is 18.2 Å². The molecule has 1 amide bonds. The minimum Gasteiger partial charge on any atom is -0.444 e. The Balaban J connectivity index is 2.17. The van der Waals surface area contributed by atoms with Gasteiger partial charge < -0.3 is 20.5 Å². The molecule has 7 heteroatoms. The number of nitrogens with zero attached hydrogens (tertiary/aromatic N) is 1. The van der Waals surface area contributed by atoms with Crippen molar-refractivity contribution in [1.82, 2.24) is 10.3 Å². The summed E-state index contributed by atoms with van der Waals surface area (Å²) in [6.45, 7) is 5.95. The average molecular weight is 363 g/mol. The zero-order valence-corrected chi connectivity index (χ0v) is 15.9. The van der Waals surface area contributed by atoms with Crippen molar-refractivity contribution in [3.05, 3.63) is 45.9 Å². The number of nitrogens with one attached hydrogen (secondary N) is 1. The van der Waals surface area contributed by atoms with Crippen LogP contribution in [0.3, 0.4) is 0 Å². The predicted molar refractivity (Wildman–Crippen MR) is 99.5 cm³/mol. The molecule has 1 aromatic heterocycles. The number of thiazole rings is 1. The molecule has 0 aliphatic rings. The molecule has 0 bridgehead atoms. The van der Waals surface area contributed by atoms with Crippen LogP contribution in [0.2, 0.25) is 0 Å². The van der Waals surface area contributed by atoms with Gasteiger partial charge in [-0.1, -0.05) is 12.1 Å². The molecule has 136 valence electrons. The van der Waals surface area contributed by atoms with Crippen molar-refractivity contribution in [3.63, 3.8) is 0 Å². The minimum atomic E-state index is -0.556. The quantitative estimate of drug-likeness (QED) is 0.765. The van der Waals surface area contributed by atoms with Crippen LogP contribution in [0.25, 0.3) is 0 Å². The molecule has 3 N–H and O–H groups in total. The highest BCUT2D eigenvalue weighted by Gasteiger charge is 2.23. The number of nitrogens with two attached hydrogens (primary N) is 1. The van der Waals surface area contributed by atoms with E-state index < -0.39 is 11.7 Å². The Kier molecular flexibility index (Phi) is 6.39. The standard InChI is InChI=1S/C18H25N3O3S/c1-18(2,3)24-17(22)21-15(9-12-5-7-13(19)8-6-12)16-20-14(10-23-4)11-25-16/h5-8,11,15H,9-10,19H2,1-4H3,(H,21,22)/t15-/m0/s1. The number of aromatic nitrogens is 1. The first-order valence-corrected chi connectivity index (χ1v) is 8.92. The van der Waals surface area contributed by atoms with Crippen molar-refractivity contribution in [2.75, 3.05) is 12.8 Å². The van der Waals surface area contributed by atoms with Gasteiger partial charge in [-0.3, -0.25) is 0 Å². The van der Waals surface area contributed by atoms with E-state index in [-0.39, 0.29) is 6.04 Å². The Bertz CT molecular complexity index is 692. The second-order valence-corrected chi connectivity index (χ2v) is 7.64. The highest BCUT2D eigenvalue weighted by Crippen LogP contribution is 2.24. The van der Waals surface area contributed by atoms with E-state index in [2.05, 4.69) is 10.3 Å². The number of carbonyl (C=O) groups is 1. The third-order valence-corrected chi connectivity index (χ3v) is 4.28. The molecule has 25 heavy (non-hydrogen) atoms. The molecule has 1 heterocycles. The molecule has 0 aliphatic heterocycles. The van der Waals surface area contributed by atoms with Gasteiger partial charge in [-0.15, -0.1) is 11.3 Å². The Morgan fingerprint density at radius 2 is 2.00 bits per heavy atom. The molecule has 0 saturated carbocycles. The number of anilines is 1. The number of methoxy groups -OCH3 is 1. The lowest BCUT2D eigenvalue weighted by molar-refractivity contribution is 0.0503. The summed E-state index contributed by atoms with van der Waals surface area (Å²) in [6.07, 6.45) is 0.135. The van der Waals surface area contributed by atoms with E-state index in [0.717, 1.165) is 16.3 Å². The number of benzene rings is 1. The first-order valence-electron chi connectivity index (χ1n) is 8.04. The maximum absolute atomic E-state index is 12.2. The van der Waals surface area contributed by atoms with Crippen LogP contribution in [-0.4, -0.2) is 23.8 Å². The molecule has 6 nitrogen and oxygen atoms in total.